The van der Waals surface area contributed by atoms with Gasteiger partial charge in [0.2, 0.25) is 0 Å². The van der Waals surface area contributed by atoms with Gasteiger partial charge in [-0.15, -0.1) is 0 Å². The molecule has 14 heavy (non-hydrogen) atoms. The summed E-state index contributed by atoms with van der Waals surface area (Å²) < 4.78 is 5.54. The van der Waals surface area contributed by atoms with Gasteiger partial charge < -0.3 is 9.57 Å². The fraction of sp³-hybridized carbons (Fsp3) is 0.364. The van der Waals surface area contributed by atoms with Gasteiger partial charge in [-0.1, -0.05) is 11.2 Å². The first-order valence-corrected chi connectivity index (χ1v) is 4.65. The standard InChI is InChI=1S/C11H13NO2/c1-8-3-4-9-10(12-13-2)5-6-14-11(9)7-8/h3-4,7H,5-6H2,1-2H3. The minimum Gasteiger partial charge on any atom is -0.492 e. The Balaban J connectivity index is 2.45. The van der Waals surface area contributed by atoms with Crippen molar-refractivity contribution in [3.63, 3.8) is 0 Å². The number of benzene rings is 1. The Kier molecular flexibility index (Phi) is 2.39. The summed E-state index contributed by atoms with van der Waals surface area (Å²) in [5, 5.41) is 3.99. The lowest BCUT2D eigenvalue weighted by Gasteiger charge is -2.18. The molecule has 1 aromatic carbocycles. The molecule has 0 N–H and O–H groups in total. The minimum absolute atomic E-state index is 0.679. The molecule has 3 nitrogen and oxygen atoms in total. The highest BCUT2D eigenvalue weighted by atomic mass is 16.6. The number of nitrogens with zero attached hydrogens (tertiary/aromatic N) is 1. The fourth-order valence-corrected chi connectivity index (χ4v) is 1.58. The Morgan fingerprint density at radius 3 is 3.07 bits per heavy atom. The van der Waals surface area contributed by atoms with Gasteiger partial charge in [-0.05, 0) is 24.6 Å². The van der Waals surface area contributed by atoms with Gasteiger partial charge in [-0.2, -0.15) is 0 Å². The van der Waals surface area contributed by atoms with Crippen LogP contribution >= 0.6 is 0 Å². The van der Waals surface area contributed by atoms with Crippen LogP contribution in [0.25, 0.3) is 0 Å². The van der Waals surface area contributed by atoms with E-state index in [-0.39, 0.29) is 0 Å². The van der Waals surface area contributed by atoms with Crippen molar-refractivity contribution in [3.05, 3.63) is 29.3 Å². The molecule has 0 saturated carbocycles. The van der Waals surface area contributed by atoms with Crippen molar-refractivity contribution in [3.8, 4) is 5.75 Å². The molecule has 0 fully saturated rings. The average Bonchev–Trinajstić information content (AvgIpc) is 2.18. The number of aryl methyl sites for hydroxylation is 1. The molecule has 0 amide bonds. The SMILES string of the molecule is CON=C1CCOc2cc(C)ccc21. The molecule has 1 aromatic rings. The minimum atomic E-state index is 0.679. The van der Waals surface area contributed by atoms with Crippen molar-refractivity contribution < 1.29 is 9.57 Å². The van der Waals surface area contributed by atoms with Crippen LogP contribution < -0.4 is 4.74 Å². The highest BCUT2D eigenvalue weighted by Crippen LogP contribution is 2.26. The smallest absolute Gasteiger partial charge is 0.128 e. The number of hydrogen-bond acceptors (Lipinski definition) is 3. The van der Waals surface area contributed by atoms with E-state index in [1.165, 1.54) is 5.56 Å². The monoisotopic (exact) mass is 191 g/mol. The normalized spacial score (nSPS) is 17.4. The summed E-state index contributed by atoms with van der Waals surface area (Å²) >= 11 is 0. The van der Waals surface area contributed by atoms with Crippen molar-refractivity contribution >= 4 is 5.71 Å². The van der Waals surface area contributed by atoms with Crippen molar-refractivity contribution in [2.75, 3.05) is 13.7 Å². The largest absolute Gasteiger partial charge is 0.492 e. The van der Waals surface area contributed by atoms with E-state index in [0.29, 0.717) is 6.61 Å². The molecule has 0 spiro atoms. The maximum atomic E-state index is 5.54. The quantitative estimate of drug-likeness (QED) is 0.637. The molecule has 1 heterocycles. The van der Waals surface area contributed by atoms with Crippen molar-refractivity contribution in [2.45, 2.75) is 13.3 Å². The molecule has 3 heteroatoms. The van der Waals surface area contributed by atoms with E-state index in [2.05, 4.69) is 11.2 Å². The number of ether oxygens (including phenoxy) is 1. The molecule has 74 valence electrons. The molecule has 0 aromatic heterocycles. The molecule has 0 atom stereocenters. The predicted octanol–water partition coefficient (Wildman–Crippen LogP) is 2.13. The average molecular weight is 191 g/mol. The number of oxime groups is 1. The molecule has 0 saturated heterocycles. The van der Waals surface area contributed by atoms with Gasteiger partial charge in [0, 0.05) is 12.0 Å². The second kappa shape index (κ2) is 3.70. The Hall–Kier alpha value is -1.51. The lowest BCUT2D eigenvalue weighted by molar-refractivity contribution is 0.210. The first-order chi connectivity index (χ1) is 6.81. The third-order valence-corrected chi connectivity index (χ3v) is 2.25. The number of fused-ring (bicyclic) bond motifs is 1. The van der Waals surface area contributed by atoms with E-state index < -0.39 is 0 Å². The molecule has 0 bridgehead atoms. The highest BCUT2D eigenvalue weighted by Gasteiger charge is 2.16. The van der Waals surface area contributed by atoms with Crippen LogP contribution in [0.2, 0.25) is 0 Å². The van der Waals surface area contributed by atoms with Crippen LogP contribution in [0.3, 0.4) is 0 Å². The predicted molar refractivity (Wildman–Crippen MR) is 54.8 cm³/mol. The van der Waals surface area contributed by atoms with Crippen LogP contribution in [0.5, 0.6) is 5.75 Å². The van der Waals surface area contributed by atoms with E-state index in [4.69, 9.17) is 9.57 Å². The molecule has 2 rings (SSSR count). The molecular weight excluding hydrogens is 178 g/mol. The van der Waals surface area contributed by atoms with Crippen LogP contribution in [0, 0.1) is 6.92 Å². The summed E-state index contributed by atoms with van der Waals surface area (Å²) in [6.07, 6.45) is 0.809. The van der Waals surface area contributed by atoms with Crippen molar-refractivity contribution in [1.82, 2.24) is 0 Å². The topological polar surface area (TPSA) is 30.8 Å². The molecule has 1 aliphatic heterocycles. The summed E-state index contributed by atoms with van der Waals surface area (Å²) in [6, 6.07) is 6.11. The van der Waals surface area contributed by atoms with Gasteiger partial charge in [0.05, 0.1) is 12.3 Å². The van der Waals surface area contributed by atoms with Gasteiger partial charge in [-0.25, -0.2) is 0 Å². The van der Waals surface area contributed by atoms with Gasteiger partial charge in [-0.3, -0.25) is 0 Å². The lowest BCUT2D eigenvalue weighted by atomic mass is 10.0. The van der Waals surface area contributed by atoms with Crippen LogP contribution in [0.4, 0.5) is 0 Å². The van der Waals surface area contributed by atoms with Gasteiger partial charge in [0.1, 0.15) is 12.9 Å². The fourth-order valence-electron chi connectivity index (χ4n) is 1.58. The van der Waals surface area contributed by atoms with Gasteiger partial charge in [0.25, 0.3) is 0 Å². The first-order valence-electron chi connectivity index (χ1n) is 4.65. The molecule has 0 unspecified atom stereocenters. The molecule has 1 aliphatic rings. The van der Waals surface area contributed by atoms with Crippen LogP contribution in [0.15, 0.2) is 23.4 Å². The van der Waals surface area contributed by atoms with E-state index in [1.807, 2.05) is 19.1 Å². The third kappa shape index (κ3) is 1.58. The van der Waals surface area contributed by atoms with Crippen molar-refractivity contribution in [2.24, 2.45) is 5.16 Å². The second-order valence-electron chi connectivity index (χ2n) is 3.32. The van der Waals surface area contributed by atoms with E-state index in [0.717, 1.165) is 23.4 Å². The van der Waals surface area contributed by atoms with Crippen LogP contribution in [0.1, 0.15) is 17.5 Å². The Bertz CT molecular complexity index is 372. The summed E-state index contributed by atoms with van der Waals surface area (Å²) in [6.45, 7) is 2.73. The van der Waals surface area contributed by atoms with E-state index >= 15 is 0 Å². The Labute approximate surface area is 83.3 Å². The highest BCUT2D eigenvalue weighted by molar-refractivity contribution is 6.03. The number of rotatable bonds is 1. The van der Waals surface area contributed by atoms with Gasteiger partial charge >= 0.3 is 0 Å². The molecular formula is C11H13NO2. The number of hydrogen-bond donors (Lipinski definition) is 0. The van der Waals surface area contributed by atoms with E-state index in [1.54, 1.807) is 7.11 Å². The summed E-state index contributed by atoms with van der Waals surface area (Å²) in [5.74, 6) is 0.909. The van der Waals surface area contributed by atoms with Crippen molar-refractivity contribution in [1.29, 1.82) is 0 Å². The lowest BCUT2D eigenvalue weighted by Crippen LogP contribution is -2.16. The third-order valence-electron chi connectivity index (χ3n) is 2.25. The molecule has 0 radical (unpaired) electrons. The zero-order valence-electron chi connectivity index (χ0n) is 8.41. The zero-order valence-corrected chi connectivity index (χ0v) is 8.41. The maximum absolute atomic E-state index is 5.54. The van der Waals surface area contributed by atoms with Crippen LogP contribution in [-0.4, -0.2) is 19.4 Å². The van der Waals surface area contributed by atoms with Crippen LogP contribution in [-0.2, 0) is 4.84 Å². The Morgan fingerprint density at radius 2 is 2.29 bits per heavy atom. The summed E-state index contributed by atoms with van der Waals surface area (Å²) in [5.41, 5.74) is 3.21. The van der Waals surface area contributed by atoms with E-state index in [9.17, 15) is 0 Å². The molecule has 0 aliphatic carbocycles. The zero-order chi connectivity index (χ0) is 9.97. The Morgan fingerprint density at radius 1 is 1.43 bits per heavy atom. The summed E-state index contributed by atoms with van der Waals surface area (Å²) in [7, 11) is 1.57. The second-order valence-corrected chi connectivity index (χ2v) is 3.32. The first kappa shape index (κ1) is 9.06. The summed E-state index contributed by atoms with van der Waals surface area (Å²) in [4.78, 5) is 4.80. The van der Waals surface area contributed by atoms with Gasteiger partial charge in [0.15, 0.2) is 0 Å². The maximum Gasteiger partial charge on any atom is 0.128 e.